The van der Waals surface area contributed by atoms with Gasteiger partial charge in [0.25, 0.3) is 0 Å². The Kier molecular flexibility index (Phi) is 4.80. The number of nitrogens with two attached hydrogens (primary N) is 1. The number of aliphatic carboxylic acids is 1. The van der Waals surface area contributed by atoms with Crippen LogP contribution in [0.15, 0.2) is 18.3 Å². The number of aromatic nitrogens is 1. The lowest BCUT2D eigenvalue weighted by Gasteiger charge is -2.28. The van der Waals surface area contributed by atoms with Gasteiger partial charge < -0.3 is 10.8 Å². The lowest BCUT2D eigenvalue weighted by molar-refractivity contribution is -0.139. The summed E-state index contributed by atoms with van der Waals surface area (Å²) in [5, 5.41) is 9.34. The zero-order valence-corrected chi connectivity index (χ0v) is 11.3. The van der Waals surface area contributed by atoms with Crippen LogP contribution in [0.5, 0.6) is 0 Å². The van der Waals surface area contributed by atoms with Crippen molar-refractivity contribution in [3.8, 4) is 0 Å². The fourth-order valence-corrected chi connectivity index (χ4v) is 2.48. The molecule has 1 heterocycles. The summed E-state index contributed by atoms with van der Waals surface area (Å²) in [5.41, 5.74) is 6.51. The molecule has 0 bridgehead atoms. The van der Waals surface area contributed by atoms with Crippen LogP contribution in [0.4, 0.5) is 0 Å². The van der Waals surface area contributed by atoms with E-state index in [1.165, 1.54) is 11.8 Å². The highest BCUT2D eigenvalue weighted by molar-refractivity contribution is 7.99. The van der Waals surface area contributed by atoms with E-state index in [0.717, 1.165) is 5.56 Å². The Labute approximate surface area is 110 Å². The Morgan fingerprint density at radius 2 is 2.35 bits per heavy atom. The summed E-state index contributed by atoms with van der Waals surface area (Å²) in [4.78, 5) is 14.8. The van der Waals surface area contributed by atoms with Crippen molar-refractivity contribution in [1.29, 1.82) is 0 Å². The van der Waals surface area contributed by atoms with Crippen LogP contribution >= 0.6 is 23.4 Å². The molecular formula is C11H15ClN2O2S. The number of carbonyl (C=O) groups is 1. The second-order valence-electron chi connectivity index (χ2n) is 4.16. The van der Waals surface area contributed by atoms with E-state index >= 15 is 0 Å². The van der Waals surface area contributed by atoms with Crippen LogP contribution in [0.2, 0.25) is 5.15 Å². The first kappa shape index (κ1) is 14.3. The summed E-state index contributed by atoms with van der Waals surface area (Å²) < 4.78 is -0.564. The number of halogens is 1. The summed E-state index contributed by atoms with van der Waals surface area (Å²) in [7, 11) is 0. The Hall–Kier alpha value is -0.780. The first-order valence-electron chi connectivity index (χ1n) is 5.06. The lowest BCUT2D eigenvalue weighted by atomic mass is 10.1. The van der Waals surface area contributed by atoms with E-state index in [2.05, 4.69) is 4.98 Å². The molecule has 0 aromatic carbocycles. The number of rotatable bonds is 5. The van der Waals surface area contributed by atoms with Crippen molar-refractivity contribution in [2.45, 2.75) is 30.4 Å². The van der Waals surface area contributed by atoms with Gasteiger partial charge in [-0.15, -0.1) is 11.8 Å². The lowest BCUT2D eigenvalue weighted by Crippen LogP contribution is -2.46. The molecule has 0 amide bonds. The van der Waals surface area contributed by atoms with Crippen LogP contribution in [-0.4, -0.2) is 26.8 Å². The number of hydrogen-bond donors (Lipinski definition) is 2. The molecule has 0 aliphatic heterocycles. The van der Waals surface area contributed by atoms with Gasteiger partial charge >= 0.3 is 5.97 Å². The first-order valence-corrected chi connectivity index (χ1v) is 6.42. The van der Waals surface area contributed by atoms with Gasteiger partial charge in [-0.25, -0.2) is 4.98 Å². The van der Waals surface area contributed by atoms with Gasteiger partial charge in [-0.3, -0.25) is 4.79 Å². The summed E-state index contributed by atoms with van der Waals surface area (Å²) in [6, 6.07) is 2.75. The molecule has 3 N–H and O–H groups in total. The molecule has 0 saturated carbocycles. The molecule has 0 fully saturated rings. The molecule has 1 aromatic heterocycles. The molecule has 1 aromatic rings. The van der Waals surface area contributed by atoms with E-state index in [1.807, 2.05) is 6.07 Å². The summed E-state index contributed by atoms with van der Waals surface area (Å²) >= 11 is 7.38. The third-order valence-electron chi connectivity index (χ3n) is 2.45. The van der Waals surface area contributed by atoms with Gasteiger partial charge in [0, 0.05) is 16.7 Å². The fraction of sp³-hybridized carbons (Fsp3) is 0.455. The normalized spacial score (nSPS) is 13.4. The van der Waals surface area contributed by atoms with E-state index in [4.69, 9.17) is 22.4 Å². The van der Waals surface area contributed by atoms with Crippen molar-refractivity contribution in [2.24, 2.45) is 5.73 Å². The van der Waals surface area contributed by atoms with E-state index in [9.17, 15) is 4.79 Å². The molecule has 0 aliphatic rings. The monoisotopic (exact) mass is 274 g/mol. The average Bonchev–Trinajstić information content (AvgIpc) is 2.27. The summed E-state index contributed by atoms with van der Waals surface area (Å²) in [6.07, 6.45) is 1.62. The topological polar surface area (TPSA) is 76.2 Å². The average molecular weight is 275 g/mol. The fourth-order valence-electron chi connectivity index (χ4n) is 1.18. The maximum Gasteiger partial charge on any atom is 0.321 e. The van der Waals surface area contributed by atoms with Crippen molar-refractivity contribution in [2.75, 3.05) is 0 Å². The van der Waals surface area contributed by atoms with Gasteiger partial charge in [0.2, 0.25) is 0 Å². The van der Waals surface area contributed by atoms with Crippen LogP contribution in [0.25, 0.3) is 0 Å². The molecule has 0 spiro atoms. The van der Waals surface area contributed by atoms with Gasteiger partial charge in [-0.2, -0.15) is 0 Å². The van der Waals surface area contributed by atoms with Crippen LogP contribution < -0.4 is 5.73 Å². The molecule has 1 rings (SSSR count). The van der Waals surface area contributed by atoms with Gasteiger partial charge in [0.05, 0.1) is 0 Å². The highest BCUT2D eigenvalue weighted by Crippen LogP contribution is 2.32. The van der Waals surface area contributed by atoms with Crippen molar-refractivity contribution in [3.05, 3.63) is 29.0 Å². The minimum absolute atomic E-state index is 0.444. The van der Waals surface area contributed by atoms with Crippen molar-refractivity contribution in [1.82, 2.24) is 4.98 Å². The Balaban J connectivity index is 2.67. The Morgan fingerprint density at radius 1 is 1.71 bits per heavy atom. The van der Waals surface area contributed by atoms with Crippen LogP contribution in [0, 0.1) is 0 Å². The Morgan fingerprint density at radius 3 is 2.88 bits per heavy atom. The van der Waals surface area contributed by atoms with Crippen molar-refractivity contribution < 1.29 is 9.90 Å². The highest BCUT2D eigenvalue weighted by Gasteiger charge is 2.32. The largest absolute Gasteiger partial charge is 0.480 e. The molecule has 0 radical (unpaired) electrons. The summed E-state index contributed by atoms with van der Waals surface area (Å²) in [6.45, 7) is 3.61. The van der Waals surface area contributed by atoms with E-state index in [1.54, 1.807) is 26.1 Å². The van der Waals surface area contributed by atoms with Crippen LogP contribution in [0.1, 0.15) is 19.4 Å². The zero-order valence-electron chi connectivity index (χ0n) is 9.68. The van der Waals surface area contributed by atoms with Crippen molar-refractivity contribution in [3.63, 3.8) is 0 Å². The van der Waals surface area contributed by atoms with E-state index < -0.39 is 16.8 Å². The van der Waals surface area contributed by atoms with Gasteiger partial charge in [-0.05, 0) is 25.5 Å². The number of thioether (sulfide) groups is 1. The molecule has 1 atom stereocenters. The number of pyridine rings is 1. The van der Waals surface area contributed by atoms with Gasteiger partial charge in [0.1, 0.15) is 11.2 Å². The standard InChI is InChI=1S/C11H15ClN2O2S/c1-11(2,8(13)10(15)16)17-6-7-4-3-5-14-9(7)12/h3-5,8H,6,13H2,1-2H3,(H,15,16)/t8-/m0/s1. The minimum atomic E-state index is -1.00. The molecule has 94 valence electrons. The predicted molar refractivity (Wildman–Crippen MR) is 70.2 cm³/mol. The van der Waals surface area contributed by atoms with Crippen molar-refractivity contribution >= 4 is 29.3 Å². The zero-order chi connectivity index (χ0) is 13.1. The molecular weight excluding hydrogens is 260 g/mol. The quantitative estimate of drug-likeness (QED) is 0.805. The maximum absolute atomic E-state index is 10.8. The molecule has 0 saturated heterocycles. The second kappa shape index (κ2) is 5.71. The number of carboxylic acids is 1. The molecule has 4 nitrogen and oxygen atoms in total. The second-order valence-corrected chi connectivity index (χ2v) is 6.15. The minimum Gasteiger partial charge on any atom is -0.480 e. The molecule has 0 unspecified atom stereocenters. The number of hydrogen-bond acceptors (Lipinski definition) is 4. The first-order chi connectivity index (χ1) is 7.84. The SMILES string of the molecule is CC(C)(SCc1cccnc1Cl)[C@@H](N)C(=O)O. The Bertz CT molecular complexity index is 412. The van der Waals surface area contributed by atoms with E-state index in [-0.39, 0.29) is 0 Å². The van der Waals surface area contributed by atoms with Crippen LogP contribution in [0.3, 0.4) is 0 Å². The number of nitrogens with zero attached hydrogens (tertiary/aromatic N) is 1. The smallest absolute Gasteiger partial charge is 0.321 e. The van der Waals surface area contributed by atoms with E-state index in [0.29, 0.717) is 10.9 Å². The third-order valence-corrected chi connectivity index (χ3v) is 4.24. The highest BCUT2D eigenvalue weighted by atomic mass is 35.5. The van der Waals surface area contributed by atoms with Gasteiger partial charge in [0.15, 0.2) is 0 Å². The maximum atomic E-state index is 10.8. The third kappa shape index (κ3) is 3.87. The number of carboxylic acid groups (broad SMARTS) is 1. The molecule has 17 heavy (non-hydrogen) atoms. The predicted octanol–water partition coefficient (Wildman–Crippen LogP) is 2.16. The van der Waals surface area contributed by atoms with Crippen LogP contribution in [-0.2, 0) is 10.5 Å². The summed E-state index contributed by atoms with van der Waals surface area (Å²) in [5.74, 6) is -0.416. The molecule has 6 heteroatoms. The van der Waals surface area contributed by atoms with Gasteiger partial charge in [-0.1, -0.05) is 17.7 Å². The molecule has 0 aliphatic carbocycles.